The molecule has 1 aliphatic heterocycles. The molecule has 1 atom stereocenters. The summed E-state index contributed by atoms with van der Waals surface area (Å²) in [6.45, 7) is 4.59. The van der Waals surface area contributed by atoms with Crippen molar-refractivity contribution in [2.75, 3.05) is 41.4 Å². The maximum atomic E-state index is 13.2. The highest BCUT2D eigenvalue weighted by molar-refractivity contribution is 6.46. The molecule has 170 valence electrons. The van der Waals surface area contributed by atoms with Crippen molar-refractivity contribution in [3.05, 3.63) is 64.2 Å². The van der Waals surface area contributed by atoms with Crippen LogP contribution >= 0.6 is 0 Å². The second-order valence-electron chi connectivity index (χ2n) is 8.17. The monoisotopic (exact) mass is 438 g/mol. The lowest BCUT2D eigenvalue weighted by molar-refractivity contribution is -0.140. The number of ketones is 1. The van der Waals surface area contributed by atoms with Gasteiger partial charge in [0.25, 0.3) is 11.7 Å². The zero-order valence-corrected chi connectivity index (χ0v) is 19.4. The SMILES string of the molecule is COc1cc(C)c(/C(O)=C2\C(=O)C(=O)N(CCN(C)C)C2c2ccccc2OC)cc1C. The predicted octanol–water partition coefficient (Wildman–Crippen LogP) is 3.30. The van der Waals surface area contributed by atoms with Gasteiger partial charge in [-0.1, -0.05) is 18.2 Å². The molecule has 1 heterocycles. The van der Waals surface area contributed by atoms with Crippen molar-refractivity contribution in [3.63, 3.8) is 0 Å². The summed E-state index contributed by atoms with van der Waals surface area (Å²) in [6.07, 6.45) is 0. The van der Waals surface area contributed by atoms with Gasteiger partial charge in [0.05, 0.1) is 25.8 Å². The van der Waals surface area contributed by atoms with Gasteiger partial charge in [0.1, 0.15) is 17.3 Å². The van der Waals surface area contributed by atoms with Gasteiger partial charge < -0.3 is 24.4 Å². The molecule has 0 saturated carbocycles. The van der Waals surface area contributed by atoms with Crippen LogP contribution in [0, 0.1) is 13.8 Å². The molecule has 1 fully saturated rings. The first-order valence-electron chi connectivity index (χ1n) is 10.4. The summed E-state index contributed by atoms with van der Waals surface area (Å²) in [5.41, 5.74) is 2.76. The second kappa shape index (κ2) is 9.44. The molecule has 0 aromatic heterocycles. The van der Waals surface area contributed by atoms with Crippen LogP contribution in [0.1, 0.15) is 28.3 Å². The summed E-state index contributed by atoms with van der Waals surface area (Å²) in [6, 6.07) is 10.1. The number of aliphatic hydroxyl groups excluding tert-OH is 1. The number of hydrogen-bond donors (Lipinski definition) is 1. The molecule has 2 aromatic rings. The first kappa shape index (κ1) is 23.3. The summed E-state index contributed by atoms with van der Waals surface area (Å²) in [7, 11) is 6.93. The van der Waals surface area contributed by atoms with Gasteiger partial charge in [0.15, 0.2) is 0 Å². The van der Waals surface area contributed by atoms with Gasteiger partial charge in [0.2, 0.25) is 0 Å². The summed E-state index contributed by atoms with van der Waals surface area (Å²) in [5.74, 6) is -0.304. The zero-order chi connectivity index (χ0) is 23.6. The maximum absolute atomic E-state index is 13.2. The minimum absolute atomic E-state index is 0.0610. The van der Waals surface area contributed by atoms with E-state index in [0.717, 1.165) is 11.1 Å². The number of aryl methyl sites for hydroxylation is 2. The van der Waals surface area contributed by atoms with E-state index in [1.54, 1.807) is 26.4 Å². The Labute approximate surface area is 188 Å². The molecule has 0 spiro atoms. The van der Waals surface area contributed by atoms with Crippen molar-refractivity contribution >= 4 is 17.4 Å². The lowest BCUT2D eigenvalue weighted by atomic mass is 9.92. The van der Waals surface area contributed by atoms with Crippen molar-refractivity contribution in [3.8, 4) is 11.5 Å². The van der Waals surface area contributed by atoms with Crippen LogP contribution < -0.4 is 9.47 Å². The molecule has 7 heteroatoms. The number of Topliss-reactive ketones (excluding diaryl/α,β-unsaturated/α-hetero) is 1. The highest BCUT2D eigenvalue weighted by Crippen LogP contribution is 2.43. The van der Waals surface area contributed by atoms with E-state index in [9.17, 15) is 14.7 Å². The van der Waals surface area contributed by atoms with Gasteiger partial charge in [-0.25, -0.2) is 0 Å². The summed E-state index contributed by atoms with van der Waals surface area (Å²) in [4.78, 5) is 29.7. The molecule has 3 rings (SSSR count). The Morgan fingerprint density at radius 3 is 2.31 bits per heavy atom. The number of likely N-dealkylation sites (N-methyl/N-ethyl adjacent to an activating group) is 1. The Hall–Kier alpha value is -3.32. The number of benzene rings is 2. The largest absolute Gasteiger partial charge is 0.507 e. The Balaban J connectivity index is 2.24. The standard InChI is InChI=1S/C25H30N2O5/c1-15-14-20(32-6)16(2)13-18(15)23(28)21-22(17-9-7-8-10-19(17)31-5)27(12-11-26(3)4)25(30)24(21)29/h7-10,13-14,22,28H,11-12H2,1-6H3/b23-21+. The molecular formula is C25H30N2O5. The summed E-state index contributed by atoms with van der Waals surface area (Å²) in [5, 5.41) is 11.4. The fourth-order valence-electron chi connectivity index (χ4n) is 4.04. The fourth-order valence-corrected chi connectivity index (χ4v) is 4.04. The van der Waals surface area contributed by atoms with Gasteiger partial charge in [-0.3, -0.25) is 9.59 Å². The lowest BCUT2D eigenvalue weighted by Crippen LogP contribution is -2.35. The molecular weight excluding hydrogens is 408 g/mol. The van der Waals surface area contributed by atoms with Crippen molar-refractivity contribution in [2.24, 2.45) is 0 Å². The van der Waals surface area contributed by atoms with Crippen LogP contribution in [0.3, 0.4) is 0 Å². The van der Waals surface area contributed by atoms with E-state index < -0.39 is 17.7 Å². The number of aliphatic hydroxyl groups is 1. The molecule has 32 heavy (non-hydrogen) atoms. The minimum atomic E-state index is -0.757. The first-order chi connectivity index (χ1) is 15.2. The van der Waals surface area contributed by atoms with E-state index in [0.29, 0.717) is 35.7 Å². The number of carbonyl (C=O) groups excluding carboxylic acids is 2. The Morgan fingerprint density at radius 2 is 1.69 bits per heavy atom. The van der Waals surface area contributed by atoms with Crippen molar-refractivity contribution < 1.29 is 24.2 Å². The van der Waals surface area contributed by atoms with Crippen LogP contribution in [0.25, 0.3) is 5.76 Å². The van der Waals surface area contributed by atoms with Crippen molar-refractivity contribution in [1.29, 1.82) is 0 Å². The Bertz CT molecular complexity index is 1070. The van der Waals surface area contributed by atoms with Gasteiger partial charge in [-0.15, -0.1) is 0 Å². The summed E-state index contributed by atoms with van der Waals surface area (Å²) >= 11 is 0. The number of likely N-dealkylation sites (tertiary alicyclic amines) is 1. The van der Waals surface area contributed by atoms with Crippen LogP contribution in [-0.2, 0) is 9.59 Å². The van der Waals surface area contributed by atoms with Crippen molar-refractivity contribution in [1.82, 2.24) is 9.80 Å². The van der Waals surface area contributed by atoms with Gasteiger partial charge in [-0.2, -0.15) is 0 Å². The van der Waals surface area contributed by atoms with Crippen LogP contribution in [0.5, 0.6) is 11.5 Å². The normalized spacial score (nSPS) is 17.8. The van der Waals surface area contributed by atoms with E-state index >= 15 is 0 Å². The van der Waals surface area contributed by atoms with Crippen molar-refractivity contribution in [2.45, 2.75) is 19.9 Å². The average Bonchev–Trinajstić information content (AvgIpc) is 3.02. The third-order valence-electron chi connectivity index (χ3n) is 5.76. The molecule has 1 unspecified atom stereocenters. The van der Waals surface area contributed by atoms with Crippen LogP contribution in [0.15, 0.2) is 42.0 Å². The van der Waals surface area contributed by atoms with E-state index in [4.69, 9.17) is 9.47 Å². The third kappa shape index (κ3) is 4.21. The van der Waals surface area contributed by atoms with E-state index in [1.807, 2.05) is 57.1 Å². The molecule has 1 amide bonds. The first-order valence-corrected chi connectivity index (χ1v) is 10.4. The van der Waals surface area contributed by atoms with E-state index in [2.05, 4.69) is 0 Å². The van der Waals surface area contributed by atoms with Gasteiger partial charge >= 0.3 is 0 Å². The Morgan fingerprint density at radius 1 is 1.03 bits per heavy atom. The third-order valence-corrected chi connectivity index (χ3v) is 5.76. The number of ether oxygens (including phenoxy) is 2. The number of nitrogens with zero attached hydrogens (tertiary/aromatic N) is 2. The quantitative estimate of drug-likeness (QED) is 0.406. The molecule has 1 aliphatic rings. The number of hydrogen-bond acceptors (Lipinski definition) is 6. The molecule has 1 saturated heterocycles. The average molecular weight is 439 g/mol. The number of carbonyl (C=O) groups is 2. The molecule has 7 nitrogen and oxygen atoms in total. The maximum Gasteiger partial charge on any atom is 0.295 e. The minimum Gasteiger partial charge on any atom is -0.507 e. The van der Waals surface area contributed by atoms with Gasteiger partial charge in [0, 0.05) is 24.2 Å². The highest BCUT2D eigenvalue weighted by Gasteiger charge is 2.47. The molecule has 0 radical (unpaired) electrons. The fraction of sp³-hybridized carbons (Fsp3) is 0.360. The summed E-state index contributed by atoms with van der Waals surface area (Å²) < 4.78 is 10.9. The van der Waals surface area contributed by atoms with Gasteiger partial charge in [-0.05, 0) is 57.3 Å². The predicted molar refractivity (Wildman–Crippen MR) is 123 cm³/mol. The van der Waals surface area contributed by atoms with E-state index in [-0.39, 0.29) is 11.3 Å². The van der Waals surface area contributed by atoms with Crippen LogP contribution in [0.4, 0.5) is 0 Å². The Kier molecular flexibility index (Phi) is 6.89. The highest BCUT2D eigenvalue weighted by atomic mass is 16.5. The molecule has 1 N–H and O–H groups in total. The second-order valence-corrected chi connectivity index (χ2v) is 8.17. The number of para-hydroxylation sites is 1. The van der Waals surface area contributed by atoms with E-state index in [1.165, 1.54) is 4.90 Å². The number of rotatable bonds is 7. The lowest BCUT2D eigenvalue weighted by Gasteiger charge is -2.27. The smallest absolute Gasteiger partial charge is 0.295 e. The zero-order valence-electron chi connectivity index (χ0n) is 19.4. The topological polar surface area (TPSA) is 79.3 Å². The number of methoxy groups -OCH3 is 2. The molecule has 0 aliphatic carbocycles. The molecule has 2 aromatic carbocycles. The van der Waals surface area contributed by atoms with Crippen LogP contribution in [0.2, 0.25) is 0 Å². The molecule has 0 bridgehead atoms. The van der Waals surface area contributed by atoms with Crippen LogP contribution in [-0.4, -0.2) is 68.0 Å². The number of amides is 1.